The maximum absolute atomic E-state index is 11.8. The number of nitrogens with one attached hydrogen (secondary N) is 3. The molecular formula is C21H20N6O3. The molecule has 0 saturated carbocycles. The molecule has 1 fully saturated rings. The topological polar surface area (TPSA) is 119 Å². The quantitative estimate of drug-likeness (QED) is 0.447. The first-order valence-electron chi connectivity index (χ1n) is 9.38. The van der Waals surface area contributed by atoms with Crippen LogP contribution in [0.15, 0.2) is 66.9 Å². The second-order valence-corrected chi connectivity index (χ2v) is 6.63. The number of aliphatic hydroxyl groups excluding tert-OH is 1. The van der Waals surface area contributed by atoms with Crippen molar-refractivity contribution >= 4 is 35.1 Å². The van der Waals surface area contributed by atoms with Crippen molar-refractivity contribution in [3.63, 3.8) is 0 Å². The summed E-state index contributed by atoms with van der Waals surface area (Å²) in [6, 6.07) is 17.5. The van der Waals surface area contributed by atoms with Gasteiger partial charge in [-0.2, -0.15) is 4.98 Å². The summed E-state index contributed by atoms with van der Waals surface area (Å²) in [7, 11) is 0. The van der Waals surface area contributed by atoms with Crippen molar-refractivity contribution in [3.05, 3.63) is 72.4 Å². The Hall–Kier alpha value is -3.98. The van der Waals surface area contributed by atoms with Crippen LogP contribution in [0.1, 0.15) is 11.7 Å². The molecule has 2 aromatic carbocycles. The van der Waals surface area contributed by atoms with Gasteiger partial charge in [-0.1, -0.05) is 30.3 Å². The molecule has 9 heteroatoms. The van der Waals surface area contributed by atoms with Crippen molar-refractivity contribution in [1.82, 2.24) is 15.3 Å². The van der Waals surface area contributed by atoms with Crippen molar-refractivity contribution in [2.45, 2.75) is 6.10 Å². The predicted octanol–water partition coefficient (Wildman–Crippen LogP) is 2.42. The highest BCUT2D eigenvalue weighted by Crippen LogP contribution is 2.22. The SMILES string of the molecule is O=C1CNC(=O)N1c1ccc(Nc2nccc(NCC(O)c3ccccc3)n2)cc1. The number of urea groups is 1. The smallest absolute Gasteiger partial charge is 0.329 e. The molecule has 0 aliphatic carbocycles. The van der Waals surface area contributed by atoms with Crippen molar-refractivity contribution in [3.8, 4) is 0 Å². The number of nitrogens with zero attached hydrogens (tertiary/aromatic N) is 3. The number of imide groups is 1. The molecule has 9 nitrogen and oxygen atoms in total. The first-order valence-corrected chi connectivity index (χ1v) is 9.38. The largest absolute Gasteiger partial charge is 0.387 e. The Morgan fingerprint density at radius 2 is 1.83 bits per heavy atom. The molecule has 4 N–H and O–H groups in total. The summed E-state index contributed by atoms with van der Waals surface area (Å²) in [5.74, 6) is 0.649. The van der Waals surface area contributed by atoms with Gasteiger partial charge in [-0.3, -0.25) is 4.79 Å². The van der Waals surface area contributed by atoms with E-state index in [1.165, 1.54) is 0 Å². The molecule has 1 atom stereocenters. The summed E-state index contributed by atoms with van der Waals surface area (Å²) < 4.78 is 0. The fourth-order valence-corrected chi connectivity index (χ4v) is 3.02. The van der Waals surface area contributed by atoms with E-state index >= 15 is 0 Å². The minimum atomic E-state index is -0.657. The van der Waals surface area contributed by atoms with Crippen LogP contribution >= 0.6 is 0 Å². The molecule has 0 bridgehead atoms. The number of hydrogen-bond donors (Lipinski definition) is 4. The van der Waals surface area contributed by atoms with Gasteiger partial charge in [-0.05, 0) is 35.9 Å². The standard InChI is InChI=1S/C21H20N6O3/c28-17(14-4-2-1-3-5-14)12-23-18-10-11-22-20(26-18)25-15-6-8-16(9-7-15)27-19(29)13-24-21(27)30/h1-11,17,28H,12-13H2,(H,24,30)(H2,22,23,25,26). The van der Waals surface area contributed by atoms with Crippen molar-refractivity contribution in [2.75, 3.05) is 28.6 Å². The lowest BCUT2D eigenvalue weighted by molar-refractivity contribution is -0.115. The molecule has 3 amide bonds. The van der Waals surface area contributed by atoms with Gasteiger partial charge in [0.2, 0.25) is 5.95 Å². The van der Waals surface area contributed by atoms with Crippen molar-refractivity contribution in [2.24, 2.45) is 0 Å². The van der Waals surface area contributed by atoms with Gasteiger partial charge in [0.05, 0.1) is 18.3 Å². The average molecular weight is 404 g/mol. The zero-order chi connectivity index (χ0) is 20.9. The second-order valence-electron chi connectivity index (χ2n) is 6.63. The van der Waals surface area contributed by atoms with Crippen LogP contribution in [-0.4, -0.2) is 40.1 Å². The molecule has 0 spiro atoms. The van der Waals surface area contributed by atoms with E-state index < -0.39 is 12.1 Å². The zero-order valence-corrected chi connectivity index (χ0v) is 15.9. The fourth-order valence-electron chi connectivity index (χ4n) is 3.02. The number of amides is 3. The van der Waals surface area contributed by atoms with Gasteiger partial charge in [-0.25, -0.2) is 14.7 Å². The van der Waals surface area contributed by atoms with E-state index in [0.717, 1.165) is 10.5 Å². The lowest BCUT2D eigenvalue weighted by Crippen LogP contribution is -2.30. The highest BCUT2D eigenvalue weighted by atomic mass is 16.3. The average Bonchev–Trinajstić information content (AvgIpc) is 3.11. The van der Waals surface area contributed by atoms with E-state index in [0.29, 0.717) is 29.7 Å². The zero-order valence-electron chi connectivity index (χ0n) is 15.9. The van der Waals surface area contributed by atoms with Crippen LogP contribution < -0.4 is 20.9 Å². The van der Waals surface area contributed by atoms with Gasteiger partial charge in [0.1, 0.15) is 5.82 Å². The van der Waals surface area contributed by atoms with Gasteiger partial charge in [0, 0.05) is 18.4 Å². The first-order chi connectivity index (χ1) is 14.6. The van der Waals surface area contributed by atoms with Gasteiger partial charge in [-0.15, -0.1) is 0 Å². The third-order valence-electron chi connectivity index (χ3n) is 4.54. The summed E-state index contributed by atoms with van der Waals surface area (Å²) in [4.78, 5) is 33.2. The number of benzene rings is 2. The molecule has 1 unspecified atom stereocenters. The van der Waals surface area contributed by atoms with Crippen LogP contribution in [0.25, 0.3) is 0 Å². The molecule has 30 heavy (non-hydrogen) atoms. The third-order valence-corrected chi connectivity index (χ3v) is 4.54. The lowest BCUT2D eigenvalue weighted by atomic mass is 10.1. The van der Waals surface area contributed by atoms with Crippen LogP contribution in [0.3, 0.4) is 0 Å². The van der Waals surface area contributed by atoms with Crippen LogP contribution in [0.5, 0.6) is 0 Å². The second kappa shape index (κ2) is 8.58. The Balaban J connectivity index is 1.38. The van der Waals surface area contributed by atoms with Crippen LogP contribution in [-0.2, 0) is 4.79 Å². The lowest BCUT2D eigenvalue weighted by Gasteiger charge is -2.14. The van der Waals surface area contributed by atoms with E-state index in [-0.39, 0.29) is 12.5 Å². The van der Waals surface area contributed by atoms with Crippen molar-refractivity contribution in [1.29, 1.82) is 0 Å². The molecule has 1 aliphatic rings. The van der Waals surface area contributed by atoms with Crippen molar-refractivity contribution < 1.29 is 14.7 Å². The van der Waals surface area contributed by atoms with Crippen LogP contribution in [0, 0.1) is 0 Å². The molecule has 1 aliphatic heterocycles. The molecule has 4 rings (SSSR count). The maximum Gasteiger partial charge on any atom is 0.329 e. The molecule has 2 heterocycles. The summed E-state index contributed by atoms with van der Waals surface area (Å²) in [5, 5.41) is 18.9. The fraction of sp³-hybridized carbons (Fsp3) is 0.143. The molecule has 3 aromatic rings. The van der Waals surface area contributed by atoms with Gasteiger partial charge in [0.25, 0.3) is 5.91 Å². The van der Waals surface area contributed by atoms with Gasteiger partial charge in [0.15, 0.2) is 0 Å². The molecule has 152 valence electrons. The highest BCUT2D eigenvalue weighted by Gasteiger charge is 2.29. The summed E-state index contributed by atoms with van der Waals surface area (Å²) in [5.41, 5.74) is 2.02. The first kappa shape index (κ1) is 19.3. The Morgan fingerprint density at radius 3 is 2.53 bits per heavy atom. The molecule has 0 radical (unpaired) electrons. The summed E-state index contributed by atoms with van der Waals surface area (Å²) in [6.45, 7) is 0.312. The highest BCUT2D eigenvalue weighted by molar-refractivity contribution is 6.19. The van der Waals surface area contributed by atoms with Crippen LogP contribution in [0.2, 0.25) is 0 Å². The number of carbonyl (C=O) groups excluding carboxylic acids is 2. The number of carbonyl (C=O) groups is 2. The van der Waals surface area contributed by atoms with E-state index in [1.807, 2.05) is 30.3 Å². The number of aliphatic hydroxyl groups is 1. The normalized spacial score (nSPS) is 14.4. The van der Waals surface area contributed by atoms with E-state index in [9.17, 15) is 14.7 Å². The Bertz CT molecular complexity index is 1030. The Labute approximate surface area is 172 Å². The Kier molecular flexibility index (Phi) is 5.53. The predicted molar refractivity (Wildman–Crippen MR) is 113 cm³/mol. The number of aromatic nitrogens is 2. The molecule has 1 aromatic heterocycles. The third kappa shape index (κ3) is 4.36. The van der Waals surface area contributed by atoms with Gasteiger partial charge < -0.3 is 21.1 Å². The summed E-state index contributed by atoms with van der Waals surface area (Å²) >= 11 is 0. The minimum absolute atomic E-state index is 0.00539. The monoisotopic (exact) mass is 404 g/mol. The molecular weight excluding hydrogens is 384 g/mol. The van der Waals surface area contributed by atoms with Crippen LogP contribution in [0.4, 0.5) is 27.9 Å². The summed E-state index contributed by atoms with van der Waals surface area (Å²) in [6.07, 6.45) is 0.948. The molecule has 1 saturated heterocycles. The Morgan fingerprint density at radius 1 is 1.07 bits per heavy atom. The number of anilines is 4. The van der Waals surface area contributed by atoms with E-state index in [1.54, 1.807) is 36.5 Å². The van der Waals surface area contributed by atoms with E-state index in [4.69, 9.17) is 0 Å². The minimum Gasteiger partial charge on any atom is -0.387 e. The number of rotatable bonds is 7. The van der Waals surface area contributed by atoms with E-state index in [2.05, 4.69) is 25.9 Å². The van der Waals surface area contributed by atoms with Gasteiger partial charge >= 0.3 is 6.03 Å². The maximum atomic E-state index is 11.8. The number of hydrogen-bond acceptors (Lipinski definition) is 7.